The van der Waals surface area contributed by atoms with Gasteiger partial charge < -0.3 is 10.6 Å². The molecule has 4 nitrogen and oxygen atoms in total. The highest BCUT2D eigenvalue weighted by Gasteiger charge is 2.77. The molecule has 0 atom stereocenters. The minimum atomic E-state index is -6.18. The summed E-state index contributed by atoms with van der Waals surface area (Å²) in [5, 5.41) is 3.24. The van der Waals surface area contributed by atoms with Crippen LogP contribution in [0.25, 0.3) is 0 Å². The van der Waals surface area contributed by atoms with Gasteiger partial charge in [-0.15, -0.1) is 0 Å². The van der Waals surface area contributed by atoms with Crippen molar-refractivity contribution in [1.29, 1.82) is 0 Å². The summed E-state index contributed by atoms with van der Waals surface area (Å²) in [6.07, 6.45) is 18.9. The lowest BCUT2D eigenvalue weighted by Crippen LogP contribution is -2.65. The summed E-state index contributed by atoms with van der Waals surface area (Å²) in [5.41, 5.74) is 0. The molecule has 0 unspecified atom stereocenters. The van der Waals surface area contributed by atoms with Crippen LogP contribution < -0.4 is 10.6 Å². The highest BCUT2D eigenvalue weighted by atomic mass is 19.3. The minimum Gasteiger partial charge on any atom is -0.351 e. The second kappa shape index (κ2) is 21.3. The fourth-order valence-corrected chi connectivity index (χ4v) is 4.33. The zero-order chi connectivity index (χ0) is 29.6. The summed E-state index contributed by atoms with van der Waals surface area (Å²) in [4.78, 5) is 23.4. The van der Waals surface area contributed by atoms with Gasteiger partial charge in [0.05, 0.1) is 0 Å². The van der Waals surface area contributed by atoms with E-state index < -0.39 is 29.6 Å². The number of amides is 2. The molecule has 0 aliphatic rings. The Morgan fingerprint density at radius 1 is 0.436 bits per heavy atom. The summed E-state index contributed by atoms with van der Waals surface area (Å²) in [5.74, 6) is -22.7. The van der Waals surface area contributed by atoms with Crippen molar-refractivity contribution < 1.29 is 35.9 Å². The first-order valence-corrected chi connectivity index (χ1v) is 15.2. The van der Waals surface area contributed by atoms with Crippen molar-refractivity contribution in [2.75, 3.05) is 13.1 Å². The molecule has 232 valence electrons. The van der Waals surface area contributed by atoms with Crippen LogP contribution in [0.4, 0.5) is 26.3 Å². The van der Waals surface area contributed by atoms with Gasteiger partial charge in [-0.25, -0.2) is 0 Å². The van der Waals surface area contributed by atoms with Crippen molar-refractivity contribution in [1.82, 2.24) is 10.6 Å². The molecule has 0 heterocycles. The van der Waals surface area contributed by atoms with Gasteiger partial charge in [0.2, 0.25) is 0 Å². The van der Waals surface area contributed by atoms with E-state index >= 15 is 0 Å². The second-order valence-corrected chi connectivity index (χ2v) is 10.6. The lowest BCUT2D eigenvalue weighted by atomic mass is 10.0. The number of alkyl halides is 6. The predicted octanol–water partition coefficient (Wildman–Crippen LogP) is 8.97. The number of hydrogen-bond donors (Lipinski definition) is 2. The number of nitrogens with one attached hydrogen (secondary N) is 2. The molecule has 0 aromatic rings. The Kier molecular flexibility index (Phi) is 20.5. The van der Waals surface area contributed by atoms with Gasteiger partial charge in [0, 0.05) is 13.1 Å². The smallest absolute Gasteiger partial charge is 0.351 e. The van der Waals surface area contributed by atoms with Gasteiger partial charge in [-0.1, -0.05) is 129 Å². The molecule has 0 aromatic heterocycles. The molecule has 0 saturated carbocycles. The van der Waals surface area contributed by atoms with Gasteiger partial charge in [-0.3, -0.25) is 9.59 Å². The molecule has 0 saturated heterocycles. The van der Waals surface area contributed by atoms with Crippen LogP contribution in [0, 0.1) is 0 Å². The molecular weight excluding hydrogens is 522 g/mol. The van der Waals surface area contributed by atoms with Crippen LogP contribution in [0.5, 0.6) is 0 Å². The lowest BCUT2D eigenvalue weighted by Gasteiger charge is -2.31. The summed E-state index contributed by atoms with van der Waals surface area (Å²) < 4.78 is 84.6. The monoisotopic (exact) mass is 574 g/mol. The van der Waals surface area contributed by atoms with E-state index in [-0.39, 0.29) is 25.9 Å². The third-order valence-electron chi connectivity index (χ3n) is 6.99. The van der Waals surface area contributed by atoms with Crippen molar-refractivity contribution in [3.05, 3.63) is 0 Å². The van der Waals surface area contributed by atoms with E-state index in [0.717, 1.165) is 64.2 Å². The Balaban J connectivity index is 4.29. The molecular formula is C29H52F6N2O2. The number of carbonyl (C=O) groups excluding carboxylic acids is 2. The zero-order valence-electron chi connectivity index (χ0n) is 24.1. The maximum atomic E-state index is 14.1. The fourth-order valence-electron chi connectivity index (χ4n) is 4.33. The van der Waals surface area contributed by atoms with E-state index in [9.17, 15) is 35.9 Å². The summed E-state index contributed by atoms with van der Waals surface area (Å²) in [7, 11) is 0. The quantitative estimate of drug-likeness (QED) is 0.0800. The van der Waals surface area contributed by atoms with Crippen molar-refractivity contribution in [2.45, 2.75) is 160 Å². The molecule has 10 heteroatoms. The van der Waals surface area contributed by atoms with Crippen molar-refractivity contribution in [3.8, 4) is 0 Å². The van der Waals surface area contributed by atoms with Crippen LogP contribution in [0.1, 0.15) is 142 Å². The number of carbonyl (C=O) groups is 2. The van der Waals surface area contributed by atoms with Crippen LogP contribution in [-0.4, -0.2) is 42.7 Å². The highest BCUT2D eigenvalue weighted by molar-refractivity contribution is 5.89. The molecule has 0 aliphatic carbocycles. The first kappa shape index (κ1) is 37.5. The third kappa shape index (κ3) is 14.6. The Hall–Kier alpha value is -1.48. The van der Waals surface area contributed by atoms with Crippen molar-refractivity contribution >= 4 is 11.8 Å². The largest absolute Gasteiger partial charge is 0.393 e. The minimum absolute atomic E-state index is 0.263. The van der Waals surface area contributed by atoms with E-state index in [1.807, 2.05) is 0 Å². The van der Waals surface area contributed by atoms with E-state index in [1.54, 1.807) is 10.6 Å². The molecule has 0 aromatic carbocycles. The number of halogens is 6. The highest BCUT2D eigenvalue weighted by Crippen LogP contribution is 2.46. The number of rotatable bonds is 26. The Morgan fingerprint density at radius 2 is 0.667 bits per heavy atom. The normalized spacial score (nSPS) is 12.5. The summed E-state index contributed by atoms with van der Waals surface area (Å²) in [6.45, 7) is 3.60. The first-order valence-electron chi connectivity index (χ1n) is 15.2. The average molecular weight is 575 g/mol. The van der Waals surface area contributed by atoms with E-state index in [2.05, 4.69) is 13.8 Å². The van der Waals surface area contributed by atoms with E-state index in [4.69, 9.17) is 0 Å². The standard InChI is InChI=1S/C29H52F6N2O2/c1-3-5-7-9-11-13-15-17-19-21-23-36-25(38)27(30,31)29(34,35)28(32,33)26(39)37-24-22-20-18-16-14-12-10-8-6-4-2/h3-24H2,1-2H3,(H,36,38)(H,37,39). The molecule has 0 spiro atoms. The molecule has 2 amide bonds. The van der Waals surface area contributed by atoms with Crippen LogP contribution in [0.15, 0.2) is 0 Å². The summed E-state index contributed by atoms with van der Waals surface area (Å²) >= 11 is 0. The van der Waals surface area contributed by atoms with Crippen LogP contribution in [0.2, 0.25) is 0 Å². The van der Waals surface area contributed by atoms with Crippen molar-refractivity contribution in [3.63, 3.8) is 0 Å². The molecule has 0 rings (SSSR count). The lowest BCUT2D eigenvalue weighted by molar-refractivity contribution is -0.287. The topological polar surface area (TPSA) is 58.2 Å². The molecule has 0 radical (unpaired) electrons. The van der Waals surface area contributed by atoms with E-state index in [0.29, 0.717) is 12.8 Å². The number of unbranched alkanes of at least 4 members (excludes halogenated alkanes) is 18. The second-order valence-electron chi connectivity index (χ2n) is 10.6. The molecule has 2 N–H and O–H groups in total. The Bertz CT molecular complexity index is 595. The first-order chi connectivity index (χ1) is 18.5. The van der Waals surface area contributed by atoms with Gasteiger partial charge in [-0.05, 0) is 12.8 Å². The van der Waals surface area contributed by atoms with Crippen LogP contribution in [-0.2, 0) is 9.59 Å². The van der Waals surface area contributed by atoms with Gasteiger partial charge in [0.25, 0.3) is 11.8 Å². The van der Waals surface area contributed by atoms with Gasteiger partial charge in [-0.2, -0.15) is 26.3 Å². The van der Waals surface area contributed by atoms with Crippen LogP contribution >= 0.6 is 0 Å². The molecule has 0 aliphatic heterocycles. The molecule has 0 bridgehead atoms. The SMILES string of the molecule is CCCCCCCCCCCCNC(=O)C(F)(F)C(F)(F)C(F)(F)C(=O)NCCCCCCCCCCCC. The summed E-state index contributed by atoms with van der Waals surface area (Å²) in [6, 6.07) is 0. The van der Waals surface area contributed by atoms with Gasteiger partial charge >= 0.3 is 17.8 Å². The molecule has 0 fully saturated rings. The zero-order valence-corrected chi connectivity index (χ0v) is 24.1. The average Bonchev–Trinajstić information content (AvgIpc) is 2.89. The van der Waals surface area contributed by atoms with E-state index in [1.165, 1.54) is 38.5 Å². The maximum Gasteiger partial charge on any atom is 0.393 e. The third-order valence-corrected chi connectivity index (χ3v) is 6.99. The number of hydrogen-bond acceptors (Lipinski definition) is 2. The fraction of sp³-hybridized carbons (Fsp3) is 0.931. The predicted molar refractivity (Wildman–Crippen MR) is 145 cm³/mol. The van der Waals surface area contributed by atoms with Gasteiger partial charge in [0.1, 0.15) is 0 Å². The maximum absolute atomic E-state index is 14.1. The van der Waals surface area contributed by atoms with Crippen molar-refractivity contribution in [2.24, 2.45) is 0 Å². The van der Waals surface area contributed by atoms with Crippen LogP contribution in [0.3, 0.4) is 0 Å². The Morgan fingerprint density at radius 3 is 0.923 bits per heavy atom. The van der Waals surface area contributed by atoms with Gasteiger partial charge in [0.15, 0.2) is 0 Å². The molecule has 39 heavy (non-hydrogen) atoms. The Labute approximate surface area is 231 Å².